The largest absolute Gasteiger partial charge is 0.481 e. The Morgan fingerprint density at radius 2 is 1.71 bits per heavy atom. The number of anilines is 1. The van der Waals surface area contributed by atoms with Gasteiger partial charge in [0.05, 0.1) is 6.61 Å². The highest BCUT2D eigenvalue weighted by Crippen LogP contribution is 2.38. The second-order valence-electron chi connectivity index (χ2n) is 9.42. The summed E-state index contributed by atoms with van der Waals surface area (Å²) in [6, 6.07) is 13.8. The van der Waals surface area contributed by atoms with E-state index in [0.717, 1.165) is 22.3 Å². The molecule has 1 aromatic heterocycles. The van der Waals surface area contributed by atoms with E-state index in [9.17, 15) is 9.59 Å². The molecule has 3 aromatic rings. The van der Waals surface area contributed by atoms with E-state index in [2.05, 4.69) is 32.2 Å². The van der Waals surface area contributed by atoms with Crippen LogP contribution in [0.1, 0.15) is 61.7 Å². The molecule has 6 heteroatoms. The number of ether oxygens (including phenoxy) is 2. The molecule has 0 bridgehead atoms. The number of carbonyl (C=O) groups is 2. The van der Waals surface area contributed by atoms with Crippen molar-refractivity contribution in [3.63, 3.8) is 0 Å². The quantitative estimate of drug-likeness (QED) is 0.374. The van der Waals surface area contributed by atoms with E-state index in [1.165, 1.54) is 16.9 Å². The molecule has 1 amide bonds. The third-order valence-corrected chi connectivity index (χ3v) is 6.48. The van der Waals surface area contributed by atoms with Crippen molar-refractivity contribution in [2.75, 3.05) is 11.9 Å². The Kier molecular flexibility index (Phi) is 7.82. The SMILES string of the molecule is CCOC(=O)c1c(-c2ccc(C)cc2C)csc1NC(=O)C(C)Oc1ccc(C(C)(C)C)cc1. The maximum atomic E-state index is 13.0. The van der Waals surface area contributed by atoms with Crippen LogP contribution in [0.3, 0.4) is 0 Å². The third kappa shape index (κ3) is 5.86. The van der Waals surface area contributed by atoms with Crippen LogP contribution in [-0.2, 0) is 14.9 Å². The number of amides is 1. The van der Waals surface area contributed by atoms with Gasteiger partial charge in [0, 0.05) is 10.9 Å². The number of hydrogen-bond acceptors (Lipinski definition) is 5. The highest BCUT2D eigenvalue weighted by atomic mass is 32.1. The lowest BCUT2D eigenvalue weighted by molar-refractivity contribution is -0.122. The molecule has 5 nitrogen and oxygen atoms in total. The Morgan fingerprint density at radius 1 is 1.03 bits per heavy atom. The number of hydrogen-bond donors (Lipinski definition) is 1. The van der Waals surface area contributed by atoms with Gasteiger partial charge in [-0.3, -0.25) is 4.79 Å². The maximum Gasteiger partial charge on any atom is 0.341 e. The van der Waals surface area contributed by atoms with Crippen LogP contribution in [0.15, 0.2) is 47.8 Å². The number of carbonyl (C=O) groups excluding carboxylic acids is 2. The molecule has 1 N–H and O–H groups in total. The van der Waals surface area contributed by atoms with Crippen molar-refractivity contribution in [1.82, 2.24) is 0 Å². The van der Waals surface area contributed by atoms with Gasteiger partial charge < -0.3 is 14.8 Å². The molecule has 0 fully saturated rings. The molecule has 0 spiro atoms. The van der Waals surface area contributed by atoms with Gasteiger partial charge in [-0.05, 0) is 61.9 Å². The number of nitrogens with one attached hydrogen (secondary N) is 1. The molecular weight excluding hydrogens is 446 g/mol. The van der Waals surface area contributed by atoms with Crippen molar-refractivity contribution < 1.29 is 19.1 Å². The van der Waals surface area contributed by atoms with Crippen molar-refractivity contribution in [2.45, 2.75) is 60.0 Å². The van der Waals surface area contributed by atoms with Gasteiger partial charge in [0.25, 0.3) is 5.91 Å². The molecule has 180 valence electrons. The summed E-state index contributed by atoms with van der Waals surface area (Å²) in [5.74, 6) is -0.178. The van der Waals surface area contributed by atoms with Crippen LogP contribution >= 0.6 is 11.3 Å². The zero-order valence-electron chi connectivity index (χ0n) is 20.9. The summed E-state index contributed by atoms with van der Waals surface area (Å²) in [4.78, 5) is 25.8. The molecule has 2 aromatic carbocycles. The van der Waals surface area contributed by atoms with Gasteiger partial charge in [-0.1, -0.05) is 56.7 Å². The average molecular weight is 480 g/mol. The molecule has 34 heavy (non-hydrogen) atoms. The standard InChI is InChI=1S/C28H33NO4S/c1-8-32-27(31)24-23(22-14-9-17(2)15-18(22)3)16-34-26(24)29-25(30)19(4)33-21-12-10-20(11-13-21)28(5,6)7/h9-16,19H,8H2,1-7H3,(H,29,30). The van der Waals surface area contributed by atoms with Crippen molar-refractivity contribution >= 4 is 28.2 Å². The van der Waals surface area contributed by atoms with Gasteiger partial charge >= 0.3 is 5.97 Å². The van der Waals surface area contributed by atoms with Crippen molar-refractivity contribution in [3.05, 3.63) is 70.1 Å². The summed E-state index contributed by atoms with van der Waals surface area (Å²) in [5, 5.41) is 5.22. The average Bonchev–Trinajstić information content (AvgIpc) is 3.16. The number of benzene rings is 2. The zero-order chi connectivity index (χ0) is 25.0. The molecule has 1 heterocycles. The predicted molar refractivity (Wildman–Crippen MR) is 139 cm³/mol. The topological polar surface area (TPSA) is 64.6 Å². The Bertz CT molecular complexity index is 1170. The van der Waals surface area contributed by atoms with Gasteiger partial charge in [-0.15, -0.1) is 11.3 Å². The predicted octanol–water partition coefficient (Wildman–Crippen LogP) is 6.91. The second-order valence-corrected chi connectivity index (χ2v) is 10.3. The van der Waals surface area contributed by atoms with Crippen LogP contribution in [-0.4, -0.2) is 24.6 Å². The maximum absolute atomic E-state index is 13.0. The Morgan fingerprint density at radius 3 is 2.29 bits per heavy atom. The lowest BCUT2D eigenvalue weighted by atomic mass is 9.87. The number of thiophene rings is 1. The van der Waals surface area contributed by atoms with Gasteiger partial charge in [0.1, 0.15) is 16.3 Å². The summed E-state index contributed by atoms with van der Waals surface area (Å²) in [5.41, 5.74) is 5.48. The molecule has 1 unspecified atom stereocenters. The Labute approximate surface area is 206 Å². The number of aryl methyl sites for hydroxylation is 2. The monoisotopic (exact) mass is 479 g/mol. The van der Waals surface area contributed by atoms with Crippen molar-refractivity contribution in [1.29, 1.82) is 0 Å². The van der Waals surface area contributed by atoms with Crippen LogP contribution in [0.5, 0.6) is 5.75 Å². The number of esters is 1. The minimum Gasteiger partial charge on any atom is -0.481 e. The van der Waals surface area contributed by atoms with Crippen LogP contribution in [0, 0.1) is 13.8 Å². The molecule has 3 rings (SSSR count). The molecular formula is C28H33NO4S. The normalized spacial score (nSPS) is 12.2. The van der Waals surface area contributed by atoms with E-state index in [1.807, 2.05) is 55.6 Å². The molecule has 0 radical (unpaired) electrons. The molecule has 0 aliphatic heterocycles. The summed E-state index contributed by atoms with van der Waals surface area (Å²) in [6.07, 6.45) is -0.748. The molecule has 1 atom stereocenters. The minimum absolute atomic E-state index is 0.0394. The summed E-state index contributed by atoms with van der Waals surface area (Å²) in [7, 11) is 0. The van der Waals surface area contributed by atoms with Crippen LogP contribution in [0.2, 0.25) is 0 Å². The fourth-order valence-electron chi connectivity index (χ4n) is 3.67. The van der Waals surface area contributed by atoms with E-state index in [-0.39, 0.29) is 17.9 Å². The first-order chi connectivity index (χ1) is 16.0. The van der Waals surface area contributed by atoms with E-state index in [4.69, 9.17) is 9.47 Å². The first-order valence-electron chi connectivity index (χ1n) is 11.5. The van der Waals surface area contributed by atoms with Crippen molar-refractivity contribution in [2.24, 2.45) is 0 Å². The number of rotatable bonds is 7. The summed E-state index contributed by atoms with van der Waals surface area (Å²) >= 11 is 1.31. The highest BCUT2D eigenvalue weighted by molar-refractivity contribution is 7.15. The van der Waals surface area contributed by atoms with E-state index >= 15 is 0 Å². The van der Waals surface area contributed by atoms with Gasteiger partial charge in [-0.2, -0.15) is 0 Å². The van der Waals surface area contributed by atoms with E-state index in [1.54, 1.807) is 13.8 Å². The second kappa shape index (κ2) is 10.4. The van der Waals surface area contributed by atoms with E-state index < -0.39 is 12.1 Å². The molecule has 0 aliphatic carbocycles. The smallest absolute Gasteiger partial charge is 0.341 e. The molecule has 0 saturated heterocycles. The fourth-order valence-corrected chi connectivity index (χ4v) is 4.63. The summed E-state index contributed by atoms with van der Waals surface area (Å²) in [6.45, 7) is 14.2. The fraction of sp³-hybridized carbons (Fsp3) is 0.357. The van der Waals surface area contributed by atoms with Crippen LogP contribution in [0.25, 0.3) is 11.1 Å². The van der Waals surface area contributed by atoms with Crippen LogP contribution in [0.4, 0.5) is 5.00 Å². The van der Waals surface area contributed by atoms with Gasteiger partial charge in [-0.25, -0.2) is 4.79 Å². The van der Waals surface area contributed by atoms with Gasteiger partial charge in [0.2, 0.25) is 0 Å². The van der Waals surface area contributed by atoms with Gasteiger partial charge in [0.15, 0.2) is 6.10 Å². The molecule has 0 aliphatic rings. The highest BCUT2D eigenvalue weighted by Gasteiger charge is 2.25. The Hall–Kier alpha value is -3.12. The first-order valence-corrected chi connectivity index (χ1v) is 12.3. The van der Waals surface area contributed by atoms with Crippen LogP contribution < -0.4 is 10.1 Å². The minimum atomic E-state index is -0.748. The first kappa shape index (κ1) is 25.5. The lowest BCUT2D eigenvalue weighted by Crippen LogP contribution is -2.30. The zero-order valence-corrected chi connectivity index (χ0v) is 21.8. The molecule has 0 saturated carbocycles. The van der Waals surface area contributed by atoms with Crippen molar-refractivity contribution in [3.8, 4) is 16.9 Å². The Balaban J connectivity index is 1.83. The van der Waals surface area contributed by atoms with E-state index in [0.29, 0.717) is 16.3 Å². The summed E-state index contributed by atoms with van der Waals surface area (Å²) < 4.78 is 11.2. The third-order valence-electron chi connectivity index (χ3n) is 5.58. The lowest BCUT2D eigenvalue weighted by Gasteiger charge is -2.20.